The SMILES string of the molecule is CC1Cc2ccc(Cl)cc2NC1c1ccccc1. The summed E-state index contributed by atoms with van der Waals surface area (Å²) in [6.45, 7) is 2.29. The maximum Gasteiger partial charge on any atom is 0.0542 e. The molecular weight excluding hydrogens is 242 g/mol. The van der Waals surface area contributed by atoms with E-state index in [9.17, 15) is 0 Å². The summed E-state index contributed by atoms with van der Waals surface area (Å²) < 4.78 is 0. The number of hydrogen-bond donors (Lipinski definition) is 1. The van der Waals surface area contributed by atoms with Gasteiger partial charge >= 0.3 is 0 Å². The van der Waals surface area contributed by atoms with E-state index in [0.717, 1.165) is 11.4 Å². The van der Waals surface area contributed by atoms with Crippen LogP contribution in [0.4, 0.5) is 5.69 Å². The van der Waals surface area contributed by atoms with Crippen LogP contribution in [0.2, 0.25) is 5.02 Å². The van der Waals surface area contributed by atoms with Gasteiger partial charge in [0.05, 0.1) is 6.04 Å². The Morgan fingerprint density at radius 2 is 1.89 bits per heavy atom. The first-order chi connectivity index (χ1) is 8.74. The average molecular weight is 258 g/mol. The summed E-state index contributed by atoms with van der Waals surface area (Å²) >= 11 is 6.07. The first kappa shape index (κ1) is 11.6. The lowest BCUT2D eigenvalue weighted by molar-refractivity contribution is 0.479. The van der Waals surface area contributed by atoms with Crippen molar-refractivity contribution in [2.45, 2.75) is 19.4 Å². The van der Waals surface area contributed by atoms with Gasteiger partial charge < -0.3 is 5.32 Å². The Kier molecular flexibility index (Phi) is 3.00. The van der Waals surface area contributed by atoms with Crippen molar-refractivity contribution < 1.29 is 0 Å². The van der Waals surface area contributed by atoms with Gasteiger partial charge in [0.15, 0.2) is 0 Å². The molecule has 1 nitrogen and oxygen atoms in total. The van der Waals surface area contributed by atoms with E-state index >= 15 is 0 Å². The molecule has 1 heterocycles. The lowest BCUT2D eigenvalue weighted by Crippen LogP contribution is -2.25. The summed E-state index contributed by atoms with van der Waals surface area (Å²) in [7, 11) is 0. The highest BCUT2D eigenvalue weighted by atomic mass is 35.5. The minimum absolute atomic E-state index is 0.372. The minimum Gasteiger partial charge on any atom is -0.378 e. The molecule has 0 bridgehead atoms. The van der Waals surface area contributed by atoms with Crippen molar-refractivity contribution in [3.05, 3.63) is 64.7 Å². The highest BCUT2D eigenvalue weighted by Crippen LogP contribution is 2.37. The van der Waals surface area contributed by atoms with Gasteiger partial charge in [0.1, 0.15) is 0 Å². The second-order valence-electron chi connectivity index (χ2n) is 5.02. The molecule has 0 saturated carbocycles. The van der Waals surface area contributed by atoms with Crippen LogP contribution >= 0.6 is 11.6 Å². The van der Waals surface area contributed by atoms with Crippen LogP contribution in [-0.2, 0) is 6.42 Å². The lowest BCUT2D eigenvalue weighted by Gasteiger charge is -2.33. The average Bonchev–Trinajstić information content (AvgIpc) is 2.39. The molecule has 2 unspecified atom stereocenters. The molecule has 0 fully saturated rings. The molecule has 1 aliphatic heterocycles. The van der Waals surface area contributed by atoms with Crippen molar-refractivity contribution in [2.75, 3.05) is 5.32 Å². The Morgan fingerprint density at radius 1 is 1.11 bits per heavy atom. The summed E-state index contributed by atoms with van der Waals surface area (Å²) in [5, 5.41) is 4.41. The highest BCUT2D eigenvalue weighted by Gasteiger charge is 2.25. The van der Waals surface area contributed by atoms with Crippen molar-refractivity contribution in [1.82, 2.24) is 0 Å². The van der Waals surface area contributed by atoms with Crippen molar-refractivity contribution in [3.63, 3.8) is 0 Å². The molecule has 18 heavy (non-hydrogen) atoms. The van der Waals surface area contributed by atoms with Gasteiger partial charge in [0, 0.05) is 10.7 Å². The Balaban J connectivity index is 1.96. The largest absolute Gasteiger partial charge is 0.378 e. The maximum absolute atomic E-state index is 6.07. The third kappa shape index (κ3) is 2.11. The minimum atomic E-state index is 0.372. The number of rotatable bonds is 1. The number of nitrogens with one attached hydrogen (secondary N) is 1. The third-order valence-corrected chi connectivity index (χ3v) is 3.89. The topological polar surface area (TPSA) is 12.0 Å². The first-order valence-electron chi connectivity index (χ1n) is 6.34. The van der Waals surface area contributed by atoms with Gasteiger partial charge in [-0.3, -0.25) is 0 Å². The Bertz CT molecular complexity index is 550. The molecular formula is C16H16ClN. The zero-order valence-corrected chi connectivity index (χ0v) is 11.1. The van der Waals surface area contributed by atoms with Crippen LogP contribution in [0.15, 0.2) is 48.5 Å². The first-order valence-corrected chi connectivity index (χ1v) is 6.72. The van der Waals surface area contributed by atoms with E-state index in [4.69, 9.17) is 11.6 Å². The standard InChI is InChI=1S/C16H16ClN/c1-11-9-13-7-8-14(17)10-15(13)18-16(11)12-5-3-2-4-6-12/h2-8,10-11,16,18H,9H2,1H3. The molecule has 92 valence electrons. The van der Waals surface area contributed by atoms with E-state index in [1.54, 1.807) is 0 Å². The van der Waals surface area contributed by atoms with E-state index in [-0.39, 0.29) is 0 Å². The molecule has 2 aromatic rings. The van der Waals surface area contributed by atoms with Gasteiger partial charge in [-0.25, -0.2) is 0 Å². The van der Waals surface area contributed by atoms with Crippen LogP contribution in [0, 0.1) is 5.92 Å². The van der Waals surface area contributed by atoms with Crippen LogP contribution in [0.5, 0.6) is 0 Å². The molecule has 1 aliphatic rings. The number of hydrogen-bond acceptors (Lipinski definition) is 1. The zero-order valence-electron chi connectivity index (χ0n) is 10.4. The van der Waals surface area contributed by atoms with Crippen LogP contribution in [0.3, 0.4) is 0 Å². The number of anilines is 1. The van der Waals surface area contributed by atoms with Gasteiger partial charge in [-0.1, -0.05) is 54.9 Å². The van der Waals surface area contributed by atoms with E-state index < -0.39 is 0 Å². The monoisotopic (exact) mass is 257 g/mol. The van der Waals surface area contributed by atoms with Crippen molar-refractivity contribution in [1.29, 1.82) is 0 Å². The van der Waals surface area contributed by atoms with Crippen LogP contribution < -0.4 is 5.32 Å². The quantitative estimate of drug-likeness (QED) is 0.782. The predicted molar refractivity (Wildman–Crippen MR) is 77.1 cm³/mol. The van der Waals surface area contributed by atoms with Crippen molar-refractivity contribution >= 4 is 17.3 Å². The van der Waals surface area contributed by atoms with Crippen LogP contribution in [0.1, 0.15) is 24.1 Å². The zero-order chi connectivity index (χ0) is 12.5. The van der Waals surface area contributed by atoms with Crippen LogP contribution in [0.25, 0.3) is 0 Å². The Morgan fingerprint density at radius 3 is 2.67 bits per heavy atom. The fourth-order valence-corrected chi connectivity index (χ4v) is 2.88. The predicted octanol–water partition coefficient (Wildman–Crippen LogP) is 4.69. The smallest absolute Gasteiger partial charge is 0.0542 e. The summed E-state index contributed by atoms with van der Waals surface area (Å²) in [6, 6.07) is 17.1. The summed E-state index contributed by atoms with van der Waals surface area (Å²) in [5.41, 5.74) is 3.88. The molecule has 0 radical (unpaired) electrons. The fraction of sp³-hybridized carbons (Fsp3) is 0.250. The van der Waals surface area contributed by atoms with Gasteiger partial charge in [0.2, 0.25) is 0 Å². The maximum atomic E-state index is 6.07. The molecule has 2 heteroatoms. The third-order valence-electron chi connectivity index (χ3n) is 3.65. The molecule has 2 aromatic carbocycles. The second-order valence-corrected chi connectivity index (χ2v) is 5.45. The Labute approximate surface area is 113 Å². The molecule has 1 N–H and O–H groups in total. The van der Waals surface area contributed by atoms with Gasteiger partial charge in [0.25, 0.3) is 0 Å². The second kappa shape index (κ2) is 4.66. The molecule has 0 spiro atoms. The normalized spacial score (nSPS) is 22.1. The molecule has 0 saturated heterocycles. The molecule has 0 aliphatic carbocycles. The lowest BCUT2D eigenvalue weighted by atomic mass is 9.85. The fourth-order valence-electron chi connectivity index (χ4n) is 2.71. The van der Waals surface area contributed by atoms with Gasteiger partial charge in [-0.15, -0.1) is 0 Å². The number of halogens is 1. The number of benzene rings is 2. The summed E-state index contributed by atoms with van der Waals surface area (Å²) in [4.78, 5) is 0. The van der Waals surface area contributed by atoms with Crippen molar-refractivity contribution in [2.24, 2.45) is 5.92 Å². The highest BCUT2D eigenvalue weighted by molar-refractivity contribution is 6.30. The Hall–Kier alpha value is -1.47. The summed E-state index contributed by atoms with van der Waals surface area (Å²) in [6.07, 6.45) is 1.10. The number of fused-ring (bicyclic) bond motifs is 1. The summed E-state index contributed by atoms with van der Waals surface area (Å²) in [5.74, 6) is 0.584. The molecule has 2 atom stereocenters. The van der Waals surface area contributed by atoms with E-state index in [1.165, 1.54) is 16.8 Å². The van der Waals surface area contributed by atoms with E-state index in [0.29, 0.717) is 12.0 Å². The van der Waals surface area contributed by atoms with E-state index in [1.807, 2.05) is 12.1 Å². The molecule has 0 amide bonds. The van der Waals surface area contributed by atoms with Gasteiger partial charge in [-0.2, -0.15) is 0 Å². The van der Waals surface area contributed by atoms with Gasteiger partial charge in [-0.05, 0) is 35.6 Å². The molecule has 0 aromatic heterocycles. The van der Waals surface area contributed by atoms with Crippen molar-refractivity contribution in [3.8, 4) is 0 Å². The van der Waals surface area contributed by atoms with E-state index in [2.05, 4.69) is 48.6 Å². The van der Waals surface area contributed by atoms with Crippen LogP contribution in [-0.4, -0.2) is 0 Å². The molecule has 3 rings (SSSR count).